The van der Waals surface area contributed by atoms with E-state index in [4.69, 9.17) is 5.11 Å². The fourth-order valence-electron chi connectivity index (χ4n) is 3.16. The van der Waals surface area contributed by atoms with Crippen molar-refractivity contribution in [2.24, 2.45) is 5.92 Å². The molecular weight excluding hydrogens is 304 g/mol. The molecule has 3 rings (SSSR count). The molecule has 2 aromatic rings. The van der Waals surface area contributed by atoms with Gasteiger partial charge in [0.05, 0.1) is 11.3 Å². The Labute approximate surface area is 141 Å². The number of likely N-dealkylation sites (tertiary alicyclic amines) is 1. The second kappa shape index (κ2) is 7.05. The number of carboxylic acid groups (broad SMARTS) is 1. The van der Waals surface area contributed by atoms with Gasteiger partial charge in [-0.1, -0.05) is 0 Å². The van der Waals surface area contributed by atoms with Gasteiger partial charge in [-0.05, 0) is 51.3 Å². The van der Waals surface area contributed by atoms with E-state index in [0.717, 1.165) is 25.2 Å². The van der Waals surface area contributed by atoms with E-state index in [1.165, 1.54) is 12.6 Å². The van der Waals surface area contributed by atoms with Gasteiger partial charge in [-0.25, -0.2) is 14.8 Å². The van der Waals surface area contributed by atoms with Crippen LogP contribution in [0.5, 0.6) is 0 Å². The van der Waals surface area contributed by atoms with E-state index in [1.54, 1.807) is 18.6 Å². The maximum absolute atomic E-state index is 11.1. The van der Waals surface area contributed by atoms with Crippen molar-refractivity contribution in [3.63, 3.8) is 0 Å². The smallest absolute Gasteiger partial charge is 0.337 e. The van der Waals surface area contributed by atoms with E-state index in [9.17, 15) is 4.79 Å². The third kappa shape index (κ3) is 3.76. The molecule has 0 unspecified atom stereocenters. The van der Waals surface area contributed by atoms with Gasteiger partial charge in [-0.3, -0.25) is 4.98 Å². The fraction of sp³-hybridized carbons (Fsp3) is 0.444. The molecule has 0 bridgehead atoms. The van der Waals surface area contributed by atoms with Crippen LogP contribution in [0.15, 0.2) is 30.9 Å². The largest absolute Gasteiger partial charge is 0.478 e. The van der Waals surface area contributed by atoms with Crippen molar-refractivity contribution in [3.8, 4) is 11.3 Å². The van der Waals surface area contributed by atoms with E-state index in [1.807, 2.05) is 6.07 Å². The van der Waals surface area contributed by atoms with Crippen LogP contribution in [0.1, 0.15) is 36.3 Å². The topological polar surface area (TPSA) is 79.2 Å². The molecule has 3 heterocycles. The monoisotopic (exact) mass is 326 g/mol. The number of nitrogens with zero attached hydrogens (tertiary/aromatic N) is 4. The fourth-order valence-corrected chi connectivity index (χ4v) is 3.16. The predicted molar refractivity (Wildman–Crippen MR) is 90.7 cm³/mol. The zero-order chi connectivity index (χ0) is 17.1. The zero-order valence-corrected chi connectivity index (χ0v) is 14.0. The number of carbonyl (C=O) groups is 1. The molecule has 2 aromatic heterocycles. The predicted octanol–water partition coefficient (Wildman–Crippen LogP) is 2.51. The Bertz CT molecular complexity index is 732. The van der Waals surface area contributed by atoms with Gasteiger partial charge in [0.25, 0.3) is 0 Å². The quantitative estimate of drug-likeness (QED) is 0.909. The molecule has 1 N–H and O–H groups in total. The molecule has 1 fully saturated rings. The average molecular weight is 326 g/mol. The first kappa shape index (κ1) is 16.5. The molecule has 0 saturated carbocycles. The lowest BCUT2D eigenvalue weighted by molar-refractivity contribution is 0.0696. The highest BCUT2D eigenvalue weighted by Crippen LogP contribution is 2.23. The Hall–Kier alpha value is -2.34. The molecule has 6 nitrogen and oxygen atoms in total. The third-order valence-electron chi connectivity index (χ3n) is 4.55. The van der Waals surface area contributed by atoms with Gasteiger partial charge in [-0.2, -0.15) is 0 Å². The Morgan fingerprint density at radius 2 is 2.17 bits per heavy atom. The van der Waals surface area contributed by atoms with Crippen LogP contribution in [0.4, 0.5) is 0 Å². The highest BCUT2D eigenvalue weighted by atomic mass is 16.4. The number of rotatable bonds is 5. The molecule has 6 heteroatoms. The van der Waals surface area contributed by atoms with Crippen LogP contribution in [0.25, 0.3) is 11.3 Å². The van der Waals surface area contributed by atoms with Gasteiger partial charge in [0, 0.05) is 36.2 Å². The lowest BCUT2D eigenvalue weighted by Gasteiger charge is -2.20. The highest BCUT2D eigenvalue weighted by molar-refractivity contribution is 5.88. The van der Waals surface area contributed by atoms with Crippen molar-refractivity contribution < 1.29 is 9.90 Å². The molecule has 24 heavy (non-hydrogen) atoms. The van der Waals surface area contributed by atoms with Crippen molar-refractivity contribution in [1.82, 2.24) is 19.9 Å². The summed E-state index contributed by atoms with van der Waals surface area (Å²) in [4.78, 5) is 26.2. The zero-order valence-electron chi connectivity index (χ0n) is 14.0. The van der Waals surface area contributed by atoms with Crippen LogP contribution in [-0.4, -0.2) is 50.1 Å². The number of aromatic nitrogens is 3. The van der Waals surface area contributed by atoms with Crippen molar-refractivity contribution in [2.75, 3.05) is 13.1 Å². The van der Waals surface area contributed by atoms with E-state index < -0.39 is 5.97 Å². The molecule has 0 aromatic carbocycles. The molecule has 1 aliphatic rings. The van der Waals surface area contributed by atoms with Crippen LogP contribution in [0.3, 0.4) is 0 Å². The van der Waals surface area contributed by atoms with Gasteiger partial charge in [0.1, 0.15) is 6.33 Å². The van der Waals surface area contributed by atoms with Gasteiger partial charge in [0.2, 0.25) is 0 Å². The Morgan fingerprint density at radius 3 is 2.88 bits per heavy atom. The summed E-state index contributed by atoms with van der Waals surface area (Å²) < 4.78 is 0. The summed E-state index contributed by atoms with van der Waals surface area (Å²) >= 11 is 0. The number of aromatic carboxylic acids is 1. The first-order valence-electron chi connectivity index (χ1n) is 8.26. The van der Waals surface area contributed by atoms with Gasteiger partial charge < -0.3 is 10.0 Å². The first-order chi connectivity index (χ1) is 11.5. The Balaban J connectivity index is 1.75. The number of pyridine rings is 1. The normalized spacial score (nSPS) is 18.2. The summed E-state index contributed by atoms with van der Waals surface area (Å²) in [7, 11) is 0. The highest BCUT2D eigenvalue weighted by Gasteiger charge is 2.24. The maximum Gasteiger partial charge on any atom is 0.337 e. The molecule has 1 saturated heterocycles. The van der Waals surface area contributed by atoms with Crippen molar-refractivity contribution >= 4 is 5.97 Å². The molecule has 1 atom stereocenters. The van der Waals surface area contributed by atoms with Crippen LogP contribution in [-0.2, 0) is 6.42 Å². The van der Waals surface area contributed by atoms with E-state index in [-0.39, 0.29) is 5.56 Å². The van der Waals surface area contributed by atoms with Gasteiger partial charge >= 0.3 is 5.97 Å². The summed E-state index contributed by atoms with van der Waals surface area (Å²) in [5, 5.41) is 9.09. The Morgan fingerprint density at radius 1 is 1.33 bits per heavy atom. The van der Waals surface area contributed by atoms with E-state index in [0.29, 0.717) is 23.2 Å². The van der Waals surface area contributed by atoms with Crippen LogP contribution in [0.2, 0.25) is 0 Å². The van der Waals surface area contributed by atoms with Crippen LogP contribution in [0, 0.1) is 5.92 Å². The summed E-state index contributed by atoms with van der Waals surface area (Å²) in [6.07, 6.45) is 6.63. The minimum absolute atomic E-state index is 0.163. The number of hydrogen-bond acceptors (Lipinski definition) is 5. The SMILES string of the molecule is CC(C)N1CC[C@@H](Cc2cc(-c3cncc(C(=O)O)c3)ncn2)C1. The van der Waals surface area contributed by atoms with Crippen molar-refractivity contribution in [1.29, 1.82) is 0 Å². The minimum Gasteiger partial charge on any atom is -0.478 e. The van der Waals surface area contributed by atoms with Crippen LogP contribution < -0.4 is 0 Å². The number of carboxylic acids is 1. The average Bonchev–Trinajstić information content (AvgIpc) is 3.04. The summed E-state index contributed by atoms with van der Waals surface area (Å²) in [6, 6.07) is 4.12. The summed E-state index contributed by atoms with van der Waals surface area (Å²) in [6.45, 7) is 6.71. The molecule has 0 amide bonds. The third-order valence-corrected chi connectivity index (χ3v) is 4.55. The lowest BCUT2D eigenvalue weighted by Crippen LogP contribution is -2.28. The van der Waals surface area contributed by atoms with Gasteiger partial charge in [0.15, 0.2) is 0 Å². The van der Waals surface area contributed by atoms with E-state index >= 15 is 0 Å². The second-order valence-electron chi connectivity index (χ2n) is 6.61. The molecule has 0 radical (unpaired) electrons. The van der Waals surface area contributed by atoms with Gasteiger partial charge in [-0.15, -0.1) is 0 Å². The first-order valence-corrected chi connectivity index (χ1v) is 8.26. The summed E-state index contributed by atoms with van der Waals surface area (Å²) in [5.74, 6) is -0.378. The maximum atomic E-state index is 11.1. The molecule has 0 spiro atoms. The van der Waals surface area contributed by atoms with Crippen molar-refractivity contribution in [2.45, 2.75) is 32.7 Å². The van der Waals surface area contributed by atoms with Crippen LogP contribution >= 0.6 is 0 Å². The van der Waals surface area contributed by atoms with Crippen molar-refractivity contribution in [3.05, 3.63) is 42.1 Å². The minimum atomic E-state index is -0.988. The lowest BCUT2D eigenvalue weighted by atomic mass is 10.0. The molecule has 0 aliphatic carbocycles. The molecule has 126 valence electrons. The summed E-state index contributed by atoms with van der Waals surface area (Å²) in [5.41, 5.74) is 2.58. The van der Waals surface area contributed by atoms with E-state index in [2.05, 4.69) is 33.7 Å². The number of hydrogen-bond donors (Lipinski definition) is 1. The molecular formula is C18H22N4O2. The Kier molecular flexibility index (Phi) is 4.85. The second-order valence-corrected chi connectivity index (χ2v) is 6.61. The standard InChI is InChI=1S/C18H22N4O2/c1-12(2)22-4-3-13(10-22)5-16-7-17(21-11-20-16)14-6-15(18(23)24)9-19-8-14/h6-9,11-13H,3-5,10H2,1-2H3,(H,23,24)/t13-/m0/s1. The molecule has 1 aliphatic heterocycles.